The van der Waals surface area contributed by atoms with Crippen LogP contribution in [0.3, 0.4) is 0 Å². The van der Waals surface area contributed by atoms with Gasteiger partial charge in [0.15, 0.2) is 0 Å². The van der Waals surface area contributed by atoms with Crippen molar-refractivity contribution in [2.45, 2.75) is 13.3 Å². The number of nitrogens with zero attached hydrogens (tertiary/aromatic N) is 1. The number of rotatable bonds is 1. The summed E-state index contributed by atoms with van der Waals surface area (Å²) in [4.78, 5) is 2.27. The maximum atomic E-state index is 3.70. The largest absolute Gasteiger partial charge is 0.378 e. The Hall–Kier alpha value is -0.460. The van der Waals surface area contributed by atoms with Crippen molar-refractivity contribution in [1.82, 2.24) is 4.90 Å². The molecule has 1 nitrogen and oxygen atoms in total. The highest BCUT2D eigenvalue weighted by molar-refractivity contribution is 4.79. The predicted octanol–water partition coefficient (Wildman–Crippen LogP) is 1.47. The molecule has 0 amide bonds. The molecular weight excluding hydrogens is 98.1 g/mol. The minimum Gasteiger partial charge on any atom is -0.378 e. The zero-order valence-electron chi connectivity index (χ0n) is 5.43. The first kappa shape index (κ1) is 5.67. The molecule has 0 aliphatic carbocycles. The second-order valence-electron chi connectivity index (χ2n) is 2.57. The Morgan fingerprint density at radius 2 is 2.50 bits per heavy atom. The summed E-state index contributed by atoms with van der Waals surface area (Å²) in [5, 5.41) is 0. The van der Waals surface area contributed by atoms with E-state index in [1.807, 2.05) is 6.20 Å². The molecule has 1 atom stereocenters. The van der Waals surface area contributed by atoms with Crippen molar-refractivity contribution in [3.05, 3.63) is 12.8 Å². The van der Waals surface area contributed by atoms with Crippen molar-refractivity contribution in [3.63, 3.8) is 0 Å². The molecule has 0 bridgehead atoms. The van der Waals surface area contributed by atoms with Crippen LogP contribution in [0.2, 0.25) is 0 Å². The van der Waals surface area contributed by atoms with Crippen LogP contribution >= 0.6 is 0 Å². The van der Waals surface area contributed by atoms with Crippen molar-refractivity contribution >= 4 is 0 Å². The Morgan fingerprint density at radius 1 is 1.75 bits per heavy atom. The van der Waals surface area contributed by atoms with E-state index in [9.17, 15) is 0 Å². The number of hydrogen-bond acceptors (Lipinski definition) is 1. The third-order valence-electron chi connectivity index (χ3n) is 1.71. The highest BCUT2D eigenvalue weighted by atomic mass is 15.1. The van der Waals surface area contributed by atoms with E-state index in [0.717, 1.165) is 5.92 Å². The smallest absolute Gasteiger partial charge is 0.0198 e. The SMILES string of the molecule is C=CN1CC[C@@H](C)C1. The minimum atomic E-state index is 0.882. The van der Waals surface area contributed by atoms with Crippen molar-refractivity contribution < 1.29 is 0 Å². The molecule has 0 aromatic carbocycles. The predicted molar refractivity (Wildman–Crippen MR) is 35.6 cm³/mol. The van der Waals surface area contributed by atoms with Crippen LogP contribution in [-0.4, -0.2) is 18.0 Å². The van der Waals surface area contributed by atoms with Gasteiger partial charge in [0.1, 0.15) is 0 Å². The first-order chi connectivity index (χ1) is 3.83. The maximum absolute atomic E-state index is 3.70. The minimum absolute atomic E-state index is 0.882. The lowest BCUT2D eigenvalue weighted by molar-refractivity contribution is 0.449. The van der Waals surface area contributed by atoms with Gasteiger partial charge in [0.2, 0.25) is 0 Å². The molecule has 8 heavy (non-hydrogen) atoms. The summed E-state index contributed by atoms with van der Waals surface area (Å²) in [5.41, 5.74) is 0. The molecule has 0 aromatic rings. The van der Waals surface area contributed by atoms with Gasteiger partial charge in [0.05, 0.1) is 0 Å². The van der Waals surface area contributed by atoms with E-state index in [1.54, 1.807) is 0 Å². The summed E-state index contributed by atoms with van der Waals surface area (Å²) in [6.45, 7) is 8.41. The molecule has 1 heterocycles. The van der Waals surface area contributed by atoms with E-state index in [2.05, 4.69) is 18.4 Å². The lowest BCUT2D eigenvalue weighted by Gasteiger charge is -2.08. The molecule has 0 aromatic heterocycles. The quantitative estimate of drug-likeness (QED) is 0.495. The van der Waals surface area contributed by atoms with Crippen LogP contribution in [0.15, 0.2) is 12.8 Å². The molecule has 0 unspecified atom stereocenters. The van der Waals surface area contributed by atoms with E-state index in [4.69, 9.17) is 0 Å². The Bertz CT molecular complexity index is 88.4. The van der Waals surface area contributed by atoms with Gasteiger partial charge in [-0.05, 0) is 18.5 Å². The van der Waals surface area contributed by atoms with E-state index < -0.39 is 0 Å². The fourth-order valence-electron chi connectivity index (χ4n) is 1.13. The van der Waals surface area contributed by atoms with E-state index in [-0.39, 0.29) is 0 Å². The molecule has 1 saturated heterocycles. The summed E-state index contributed by atoms with van der Waals surface area (Å²) >= 11 is 0. The van der Waals surface area contributed by atoms with Crippen molar-refractivity contribution in [3.8, 4) is 0 Å². The van der Waals surface area contributed by atoms with Gasteiger partial charge >= 0.3 is 0 Å². The van der Waals surface area contributed by atoms with Gasteiger partial charge < -0.3 is 4.90 Å². The van der Waals surface area contributed by atoms with Gasteiger partial charge in [-0.1, -0.05) is 13.5 Å². The normalized spacial score (nSPS) is 28.6. The Balaban J connectivity index is 2.32. The lowest BCUT2D eigenvalue weighted by atomic mass is 10.2. The summed E-state index contributed by atoms with van der Waals surface area (Å²) in [6, 6.07) is 0. The molecule has 1 rings (SSSR count). The molecule has 0 radical (unpaired) electrons. The molecule has 0 spiro atoms. The number of hydrogen-bond donors (Lipinski definition) is 0. The second kappa shape index (κ2) is 2.21. The first-order valence-corrected chi connectivity index (χ1v) is 3.19. The third-order valence-corrected chi connectivity index (χ3v) is 1.71. The van der Waals surface area contributed by atoms with Gasteiger partial charge in [0, 0.05) is 13.1 Å². The zero-order chi connectivity index (χ0) is 5.98. The van der Waals surface area contributed by atoms with Gasteiger partial charge in [-0.2, -0.15) is 0 Å². The van der Waals surface area contributed by atoms with Crippen LogP contribution in [0.4, 0.5) is 0 Å². The van der Waals surface area contributed by atoms with Crippen LogP contribution in [-0.2, 0) is 0 Å². The van der Waals surface area contributed by atoms with Crippen LogP contribution < -0.4 is 0 Å². The Morgan fingerprint density at radius 3 is 2.75 bits per heavy atom. The fraction of sp³-hybridized carbons (Fsp3) is 0.714. The average molecular weight is 111 g/mol. The van der Waals surface area contributed by atoms with E-state index >= 15 is 0 Å². The van der Waals surface area contributed by atoms with Crippen molar-refractivity contribution in [1.29, 1.82) is 0 Å². The zero-order valence-corrected chi connectivity index (χ0v) is 5.43. The molecule has 1 aliphatic heterocycles. The molecule has 0 saturated carbocycles. The standard InChI is InChI=1S/C7H13N/c1-3-8-5-4-7(2)6-8/h3,7H,1,4-6H2,2H3/t7-/m1/s1. The molecular formula is C7H13N. The summed E-state index contributed by atoms with van der Waals surface area (Å²) in [6.07, 6.45) is 3.27. The molecule has 0 N–H and O–H groups in total. The van der Waals surface area contributed by atoms with Gasteiger partial charge in [-0.25, -0.2) is 0 Å². The van der Waals surface area contributed by atoms with Crippen molar-refractivity contribution in [2.24, 2.45) is 5.92 Å². The highest BCUT2D eigenvalue weighted by Crippen LogP contribution is 2.13. The monoisotopic (exact) mass is 111 g/mol. The Kier molecular flexibility index (Phi) is 1.56. The van der Waals surface area contributed by atoms with Crippen LogP contribution in [0.25, 0.3) is 0 Å². The maximum Gasteiger partial charge on any atom is 0.0198 e. The second-order valence-corrected chi connectivity index (χ2v) is 2.57. The fourth-order valence-corrected chi connectivity index (χ4v) is 1.13. The summed E-state index contributed by atoms with van der Waals surface area (Å²) < 4.78 is 0. The van der Waals surface area contributed by atoms with Gasteiger partial charge in [-0.15, -0.1) is 0 Å². The van der Waals surface area contributed by atoms with E-state index in [1.165, 1.54) is 19.5 Å². The summed E-state index contributed by atoms with van der Waals surface area (Å²) in [7, 11) is 0. The summed E-state index contributed by atoms with van der Waals surface area (Å²) in [5.74, 6) is 0.882. The molecule has 1 aliphatic rings. The number of likely N-dealkylation sites (tertiary alicyclic amines) is 1. The van der Waals surface area contributed by atoms with Crippen molar-refractivity contribution in [2.75, 3.05) is 13.1 Å². The van der Waals surface area contributed by atoms with Crippen LogP contribution in [0.5, 0.6) is 0 Å². The first-order valence-electron chi connectivity index (χ1n) is 3.19. The molecule has 1 heteroatoms. The lowest BCUT2D eigenvalue weighted by Crippen LogP contribution is -2.11. The van der Waals surface area contributed by atoms with E-state index in [0.29, 0.717) is 0 Å². The van der Waals surface area contributed by atoms with Crippen LogP contribution in [0.1, 0.15) is 13.3 Å². The Labute approximate surface area is 51.0 Å². The molecule has 1 fully saturated rings. The van der Waals surface area contributed by atoms with Gasteiger partial charge in [-0.3, -0.25) is 0 Å². The third kappa shape index (κ3) is 1.03. The molecule has 46 valence electrons. The highest BCUT2D eigenvalue weighted by Gasteiger charge is 2.13. The topological polar surface area (TPSA) is 3.24 Å². The average Bonchev–Trinajstić information content (AvgIpc) is 2.14. The van der Waals surface area contributed by atoms with Gasteiger partial charge in [0.25, 0.3) is 0 Å². The van der Waals surface area contributed by atoms with Crippen LogP contribution in [0, 0.1) is 5.92 Å².